The van der Waals surface area contributed by atoms with Crippen molar-refractivity contribution in [2.75, 3.05) is 13.9 Å². The minimum Gasteiger partial charge on any atom is -0.466 e. The molecule has 1 aromatic carbocycles. The molecule has 0 saturated carbocycles. The van der Waals surface area contributed by atoms with Crippen LogP contribution in [0.3, 0.4) is 0 Å². The number of hydrogen-bond donors (Lipinski definition) is 0. The van der Waals surface area contributed by atoms with Gasteiger partial charge >= 0.3 is 0 Å². The monoisotopic (exact) mass is 281 g/mol. The van der Waals surface area contributed by atoms with Gasteiger partial charge in [-0.05, 0) is 24.6 Å². The van der Waals surface area contributed by atoms with E-state index in [1.165, 1.54) is 7.11 Å². The topological polar surface area (TPSA) is 80.4 Å². The number of methoxy groups -OCH3 is 1. The van der Waals surface area contributed by atoms with Crippen LogP contribution in [0.4, 0.5) is 0 Å². The van der Waals surface area contributed by atoms with E-state index in [1.54, 1.807) is 25.1 Å². The first kappa shape index (κ1) is 13.5. The lowest BCUT2D eigenvalue weighted by atomic mass is 10.2. The second kappa shape index (κ2) is 5.84. The fraction of sp³-hybridized carbons (Fsp3) is 0.333. The quantitative estimate of drug-likeness (QED) is 0.351. The molecular weight excluding hydrogens is 270 g/mol. The highest BCUT2D eigenvalue weighted by Gasteiger charge is 2.13. The summed E-state index contributed by atoms with van der Waals surface area (Å²) in [6, 6.07) is 4.83. The van der Waals surface area contributed by atoms with Gasteiger partial charge in [0.1, 0.15) is 17.1 Å². The van der Waals surface area contributed by atoms with Crippen molar-refractivity contribution in [1.29, 1.82) is 0 Å². The van der Waals surface area contributed by atoms with Gasteiger partial charge in [-0.15, -0.1) is 0 Å². The van der Waals surface area contributed by atoms with E-state index < -0.39 is 0 Å². The zero-order valence-electron chi connectivity index (χ0n) is 10.5. The predicted octanol–water partition coefficient (Wildman–Crippen LogP) is 4.44. The number of nitrogens with zero attached hydrogens (tertiary/aromatic N) is 3. The molecule has 0 N–H and O–H groups in total. The van der Waals surface area contributed by atoms with Gasteiger partial charge in [-0.1, -0.05) is 16.7 Å². The maximum absolute atomic E-state index is 8.42. The molecule has 0 aliphatic heterocycles. The van der Waals surface area contributed by atoms with Crippen molar-refractivity contribution < 1.29 is 13.9 Å². The van der Waals surface area contributed by atoms with Gasteiger partial charge in [0.25, 0.3) is 0 Å². The highest BCUT2D eigenvalue weighted by Crippen LogP contribution is 2.34. The van der Waals surface area contributed by atoms with E-state index in [4.69, 9.17) is 31.0 Å². The number of benzene rings is 1. The molecule has 0 aliphatic carbocycles. The highest BCUT2D eigenvalue weighted by molar-refractivity contribution is 6.32. The molecule has 0 saturated heterocycles. The lowest BCUT2D eigenvalue weighted by molar-refractivity contribution is 0.0512. The first-order valence-electron chi connectivity index (χ1n) is 5.54. The summed E-state index contributed by atoms with van der Waals surface area (Å²) < 4.78 is 15.8. The van der Waals surface area contributed by atoms with Crippen LogP contribution in [0.2, 0.25) is 5.02 Å². The van der Waals surface area contributed by atoms with Gasteiger partial charge in [0.2, 0.25) is 0 Å². The van der Waals surface area contributed by atoms with E-state index in [9.17, 15) is 0 Å². The summed E-state index contributed by atoms with van der Waals surface area (Å²) in [6.45, 7) is 1.86. The molecular formula is C12H12ClN3O3. The van der Waals surface area contributed by atoms with Gasteiger partial charge in [-0.25, -0.2) is 0 Å². The Hall–Kier alpha value is -1.88. The third kappa shape index (κ3) is 2.93. The van der Waals surface area contributed by atoms with Gasteiger partial charge in [-0.3, -0.25) is 0 Å². The molecule has 7 heteroatoms. The fourth-order valence-corrected chi connectivity index (χ4v) is 1.86. The summed E-state index contributed by atoms with van der Waals surface area (Å²) >= 11 is 6.08. The van der Waals surface area contributed by atoms with Gasteiger partial charge in [0.05, 0.1) is 11.1 Å². The number of ether oxygens (including phenoxy) is 2. The van der Waals surface area contributed by atoms with E-state index in [0.717, 1.165) is 5.39 Å². The molecule has 0 fully saturated rings. The molecule has 100 valence electrons. The van der Waals surface area contributed by atoms with Crippen LogP contribution in [-0.2, 0) is 4.74 Å². The number of halogens is 1. The zero-order chi connectivity index (χ0) is 13.8. The second-order valence-electron chi connectivity index (χ2n) is 3.90. The van der Waals surface area contributed by atoms with Crippen molar-refractivity contribution in [1.82, 2.24) is 0 Å². The van der Waals surface area contributed by atoms with Crippen molar-refractivity contribution in [2.45, 2.75) is 13.0 Å². The number of azide groups is 1. The molecule has 1 heterocycles. The van der Waals surface area contributed by atoms with Crippen LogP contribution < -0.4 is 4.74 Å². The Kier molecular flexibility index (Phi) is 4.16. The molecule has 0 radical (unpaired) electrons. The lowest BCUT2D eigenvalue weighted by Crippen LogP contribution is -1.98. The summed E-state index contributed by atoms with van der Waals surface area (Å²) in [7, 11) is 1.53. The summed E-state index contributed by atoms with van der Waals surface area (Å²) in [5, 5.41) is 4.88. The SMILES string of the molecule is COCOc1cc2oc(C(C)N=[N+]=[N-])cc2cc1Cl. The first-order valence-corrected chi connectivity index (χ1v) is 5.92. The molecule has 19 heavy (non-hydrogen) atoms. The summed E-state index contributed by atoms with van der Waals surface area (Å²) in [4.78, 5) is 2.76. The Bertz CT molecular complexity index is 634. The number of fused-ring (bicyclic) bond motifs is 1. The molecule has 1 atom stereocenters. The van der Waals surface area contributed by atoms with Crippen molar-refractivity contribution >= 4 is 22.6 Å². The molecule has 1 aromatic heterocycles. The minimum atomic E-state index is -0.375. The third-order valence-corrected chi connectivity index (χ3v) is 2.85. The average molecular weight is 282 g/mol. The van der Waals surface area contributed by atoms with Gasteiger partial charge in [0.15, 0.2) is 6.79 Å². The van der Waals surface area contributed by atoms with Crippen LogP contribution >= 0.6 is 11.6 Å². The van der Waals surface area contributed by atoms with Gasteiger partial charge in [0, 0.05) is 23.5 Å². The Morgan fingerprint density at radius 1 is 1.47 bits per heavy atom. The zero-order valence-corrected chi connectivity index (χ0v) is 11.2. The van der Waals surface area contributed by atoms with Crippen molar-refractivity contribution in [3.8, 4) is 5.75 Å². The van der Waals surface area contributed by atoms with E-state index in [0.29, 0.717) is 22.1 Å². The number of hydrogen-bond acceptors (Lipinski definition) is 4. The standard InChI is InChI=1S/C12H12ClN3O3/c1-7(15-16-14)10-4-8-3-9(13)12(18-6-17-2)5-11(8)19-10/h3-5,7H,6H2,1-2H3. The van der Waals surface area contributed by atoms with Crippen molar-refractivity contribution in [2.24, 2.45) is 5.11 Å². The molecule has 0 spiro atoms. The lowest BCUT2D eigenvalue weighted by Gasteiger charge is -2.05. The smallest absolute Gasteiger partial charge is 0.188 e. The van der Waals surface area contributed by atoms with Crippen LogP contribution in [-0.4, -0.2) is 13.9 Å². The largest absolute Gasteiger partial charge is 0.466 e. The van der Waals surface area contributed by atoms with Crippen LogP contribution in [0.5, 0.6) is 5.75 Å². The predicted molar refractivity (Wildman–Crippen MR) is 71.3 cm³/mol. The summed E-state index contributed by atoms with van der Waals surface area (Å²) in [6.07, 6.45) is 0. The van der Waals surface area contributed by atoms with Crippen LogP contribution in [0.15, 0.2) is 27.7 Å². The van der Waals surface area contributed by atoms with E-state index >= 15 is 0 Å². The van der Waals surface area contributed by atoms with E-state index in [-0.39, 0.29) is 12.8 Å². The molecule has 0 amide bonds. The van der Waals surface area contributed by atoms with E-state index in [2.05, 4.69) is 10.0 Å². The molecule has 0 aliphatic rings. The Morgan fingerprint density at radius 2 is 2.26 bits per heavy atom. The van der Waals surface area contributed by atoms with Crippen molar-refractivity contribution in [3.05, 3.63) is 39.4 Å². The van der Waals surface area contributed by atoms with Gasteiger partial charge < -0.3 is 13.9 Å². The molecule has 2 aromatic rings. The normalized spacial score (nSPS) is 12.2. The molecule has 2 rings (SSSR count). The highest BCUT2D eigenvalue weighted by atomic mass is 35.5. The fourth-order valence-electron chi connectivity index (χ4n) is 1.63. The number of rotatable bonds is 5. The average Bonchev–Trinajstić information content (AvgIpc) is 2.79. The van der Waals surface area contributed by atoms with E-state index in [1.807, 2.05) is 0 Å². The van der Waals surface area contributed by atoms with Crippen LogP contribution in [0.1, 0.15) is 18.7 Å². The van der Waals surface area contributed by atoms with Gasteiger partial charge in [-0.2, -0.15) is 0 Å². The summed E-state index contributed by atoms with van der Waals surface area (Å²) in [5.41, 5.74) is 9.04. The Morgan fingerprint density at radius 3 is 2.95 bits per heavy atom. The molecule has 1 unspecified atom stereocenters. The minimum absolute atomic E-state index is 0.105. The number of furan rings is 1. The molecule has 6 nitrogen and oxygen atoms in total. The van der Waals surface area contributed by atoms with Crippen LogP contribution in [0, 0.1) is 0 Å². The third-order valence-electron chi connectivity index (χ3n) is 2.56. The van der Waals surface area contributed by atoms with Crippen LogP contribution in [0.25, 0.3) is 21.4 Å². The Labute approximate surface area is 114 Å². The maximum Gasteiger partial charge on any atom is 0.188 e. The molecule has 0 bridgehead atoms. The second-order valence-corrected chi connectivity index (χ2v) is 4.31. The first-order chi connectivity index (χ1) is 9.15. The Balaban J connectivity index is 2.39. The maximum atomic E-state index is 8.42. The van der Waals surface area contributed by atoms with Crippen molar-refractivity contribution in [3.63, 3.8) is 0 Å². The summed E-state index contributed by atoms with van der Waals surface area (Å²) in [5.74, 6) is 1.06.